The van der Waals surface area contributed by atoms with Crippen molar-refractivity contribution in [2.75, 3.05) is 25.4 Å². The van der Waals surface area contributed by atoms with Gasteiger partial charge in [-0.3, -0.25) is 4.90 Å². The van der Waals surface area contributed by atoms with E-state index in [-0.39, 0.29) is 29.5 Å². The molecule has 8 nitrogen and oxygen atoms in total. The van der Waals surface area contributed by atoms with Gasteiger partial charge in [-0.05, 0) is 61.4 Å². The van der Waals surface area contributed by atoms with E-state index >= 15 is 0 Å². The molecule has 4 atom stereocenters. The number of piperidine rings is 1. The summed E-state index contributed by atoms with van der Waals surface area (Å²) in [6, 6.07) is 9.63. The maximum absolute atomic E-state index is 12.8. The number of likely N-dealkylation sites (tertiary alicyclic amines) is 1. The number of nitrogens with zero attached hydrogens (tertiary/aromatic N) is 5. The monoisotopic (exact) mass is 588 g/mol. The number of rotatable bonds is 7. The summed E-state index contributed by atoms with van der Waals surface area (Å²) in [7, 11) is 0. The van der Waals surface area contributed by atoms with E-state index < -0.39 is 24.7 Å². The third-order valence-corrected chi connectivity index (χ3v) is 9.46. The maximum atomic E-state index is 12.8. The summed E-state index contributed by atoms with van der Waals surface area (Å²) >= 11 is 7.71. The van der Waals surface area contributed by atoms with Crippen LogP contribution in [0.2, 0.25) is 5.28 Å². The van der Waals surface area contributed by atoms with Crippen LogP contribution in [0.4, 0.5) is 14.6 Å². The second-order valence-electron chi connectivity index (χ2n) is 10.8. The van der Waals surface area contributed by atoms with Gasteiger partial charge >= 0.3 is 0 Å². The van der Waals surface area contributed by atoms with Gasteiger partial charge in [0.05, 0.1) is 29.8 Å². The molecule has 0 bridgehead atoms. The minimum absolute atomic E-state index is 0.00390. The Labute approximate surface area is 239 Å². The van der Waals surface area contributed by atoms with Crippen molar-refractivity contribution >= 4 is 39.8 Å². The minimum Gasteiger partial charge on any atom is -0.390 e. The molecule has 0 radical (unpaired) electrons. The van der Waals surface area contributed by atoms with Crippen LogP contribution in [-0.2, 0) is 6.42 Å². The number of aliphatic hydroxyl groups is 2. The highest BCUT2D eigenvalue weighted by molar-refractivity contribution is 7.13. The Kier molecular flexibility index (Phi) is 7.75. The molecule has 4 N–H and O–H groups in total. The molecule has 2 aliphatic rings. The zero-order valence-electron chi connectivity index (χ0n) is 21.7. The van der Waals surface area contributed by atoms with Gasteiger partial charge in [0, 0.05) is 23.6 Å². The van der Waals surface area contributed by atoms with Gasteiger partial charge in [-0.15, -0.1) is 11.3 Å². The zero-order valence-corrected chi connectivity index (χ0v) is 23.3. The Morgan fingerprint density at radius 2 is 1.82 bits per heavy atom. The molecule has 1 saturated heterocycles. The van der Waals surface area contributed by atoms with Crippen molar-refractivity contribution in [3.05, 3.63) is 58.4 Å². The Bertz CT molecular complexity index is 1480. The van der Waals surface area contributed by atoms with Crippen molar-refractivity contribution in [1.29, 1.82) is 0 Å². The summed E-state index contributed by atoms with van der Waals surface area (Å²) in [5.74, 6) is 0.189. The van der Waals surface area contributed by atoms with E-state index in [1.54, 1.807) is 4.90 Å². The van der Waals surface area contributed by atoms with Crippen molar-refractivity contribution < 1.29 is 19.0 Å². The van der Waals surface area contributed by atoms with Gasteiger partial charge in [-0.1, -0.05) is 30.3 Å². The summed E-state index contributed by atoms with van der Waals surface area (Å²) < 4.78 is 27.5. The molecule has 1 aromatic carbocycles. The lowest BCUT2D eigenvalue weighted by Crippen LogP contribution is -2.41. The van der Waals surface area contributed by atoms with Crippen LogP contribution in [0, 0.1) is 11.8 Å². The number of nitrogen functional groups attached to an aromatic ring is 1. The third kappa shape index (κ3) is 5.33. The predicted molar refractivity (Wildman–Crippen MR) is 152 cm³/mol. The highest BCUT2D eigenvalue weighted by Gasteiger charge is 2.46. The highest BCUT2D eigenvalue weighted by Crippen LogP contribution is 2.46. The van der Waals surface area contributed by atoms with Crippen molar-refractivity contribution in [3.8, 4) is 10.6 Å². The molecule has 1 aliphatic heterocycles. The minimum atomic E-state index is -2.36. The van der Waals surface area contributed by atoms with Crippen molar-refractivity contribution in [1.82, 2.24) is 24.4 Å². The second kappa shape index (κ2) is 11.3. The van der Waals surface area contributed by atoms with E-state index in [2.05, 4.69) is 22.1 Å². The number of anilines is 1. The van der Waals surface area contributed by atoms with Crippen LogP contribution < -0.4 is 5.73 Å². The number of hydrogen-bond donors (Lipinski definition) is 3. The van der Waals surface area contributed by atoms with Crippen LogP contribution in [0.25, 0.3) is 21.6 Å². The largest absolute Gasteiger partial charge is 0.390 e. The Morgan fingerprint density at radius 3 is 2.55 bits per heavy atom. The van der Waals surface area contributed by atoms with Crippen molar-refractivity contribution in [2.24, 2.45) is 11.8 Å². The lowest BCUT2D eigenvalue weighted by Gasteiger charge is -2.35. The number of aliphatic hydroxyl groups excluding tert-OH is 2. The van der Waals surface area contributed by atoms with E-state index in [0.717, 1.165) is 21.8 Å². The van der Waals surface area contributed by atoms with E-state index in [1.807, 2.05) is 34.3 Å². The number of aromatic nitrogens is 4. The molecule has 3 aromatic heterocycles. The summed E-state index contributed by atoms with van der Waals surface area (Å²) in [4.78, 5) is 15.3. The Hall–Kier alpha value is -2.70. The molecule has 12 heteroatoms. The molecule has 6 rings (SSSR count). The van der Waals surface area contributed by atoms with Crippen LogP contribution in [0.15, 0.2) is 41.9 Å². The molecule has 2 fully saturated rings. The number of thiazole rings is 1. The molecule has 0 spiro atoms. The normalized spacial score (nSPS) is 24.4. The average Bonchev–Trinajstić information content (AvgIpc) is 3.61. The Balaban J connectivity index is 1.30. The molecule has 212 valence electrons. The standard InChI is InChI=1S/C28H31ClF2N6O2S/c29-28-34-25(32)22-19(27-33-17(14-40-27)10-15-4-2-1-3-5-15)12-37(26(22)35-28)20-11-18(23(38)24(20)39)16-6-8-36(9-7-16)13-21(30)31/h1-5,12,14,16,18,20-21,23-24,38-39H,6-11,13H2,(H2,32,34,35)/t18-,20-,23-,24+/m1/s1. The maximum Gasteiger partial charge on any atom is 0.251 e. The predicted octanol–water partition coefficient (Wildman–Crippen LogP) is 4.64. The molecule has 1 aliphatic carbocycles. The van der Waals surface area contributed by atoms with E-state index in [9.17, 15) is 19.0 Å². The topological polar surface area (TPSA) is 113 Å². The lowest BCUT2D eigenvalue weighted by molar-refractivity contribution is -0.0151. The van der Waals surface area contributed by atoms with Crippen molar-refractivity contribution in [2.45, 2.75) is 50.4 Å². The van der Waals surface area contributed by atoms with Crippen LogP contribution in [-0.4, -0.2) is 72.9 Å². The first kappa shape index (κ1) is 27.5. The number of nitrogens with two attached hydrogens (primary N) is 1. The molecule has 4 aromatic rings. The zero-order chi connectivity index (χ0) is 28.0. The highest BCUT2D eigenvalue weighted by atomic mass is 35.5. The van der Waals surface area contributed by atoms with Crippen molar-refractivity contribution in [3.63, 3.8) is 0 Å². The van der Waals surface area contributed by atoms with Gasteiger partial charge in [0.15, 0.2) is 0 Å². The fourth-order valence-corrected chi connectivity index (χ4v) is 7.43. The Morgan fingerprint density at radius 1 is 1.07 bits per heavy atom. The van der Waals surface area contributed by atoms with Gasteiger partial charge in [0.25, 0.3) is 6.43 Å². The second-order valence-corrected chi connectivity index (χ2v) is 12.0. The molecular weight excluding hydrogens is 558 g/mol. The smallest absolute Gasteiger partial charge is 0.251 e. The molecular formula is C28H31ClF2N6O2S. The average molecular weight is 589 g/mol. The van der Waals surface area contributed by atoms with Gasteiger partial charge in [-0.25, -0.2) is 18.7 Å². The number of alkyl halides is 2. The summed E-state index contributed by atoms with van der Waals surface area (Å²) in [6.07, 6.45) is 0.168. The fourth-order valence-electron chi connectivity index (χ4n) is 6.43. The molecule has 0 unspecified atom stereocenters. The number of halogens is 3. The summed E-state index contributed by atoms with van der Waals surface area (Å²) in [6.45, 7) is 0.893. The molecule has 1 saturated carbocycles. The van der Waals surface area contributed by atoms with Gasteiger partial charge < -0.3 is 20.5 Å². The quantitative estimate of drug-likeness (QED) is 0.270. The lowest BCUT2D eigenvalue weighted by atomic mass is 9.82. The summed E-state index contributed by atoms with van der Waals surface area (Å²) in [5.41, 5.74) is 9.66. The first-order chi connectivity index (χ1) is 19.3. The number of benzene rings is 1. The van der Waals surface area contributed by atoms with Gasteiger partial charge in [-0.2, -0.15) is 4.98 Å². The van der Waals surface area contributed by atoms with E-state index in [1.165, 1.54) is 11.3 Å². The first-order valence-corrected chi connectivity index (χ1v) is 14.7. The third-order valence-electron chi connectivity index (χ3n) is 8.37. The number of fused-ring (bicyclic) bond motifs is 1. The van der Waals surface area contributed by atoms with Crippen LogP contribution in [0.3, 0.4) is 0 Å². The molecule has 40 heavy (non-hydrogen) atoms. The SMILES string of the molecule is Nc1nc(Cl)nc2c1c(-c1nc(Cc3ccccc3)cs1)cn2[C@@H]1C[C@H](C2CCN(CC(F)F)CC2)[C@@H](O)[C@H]1O. The van der Waals surface area contributed by atoms with Crippen LogP contribution in [0.1, 0.15) is 36.6 Å². The van der Waals surface area contributed by atoms with E-state index in [0.29, 0.717) is 49.8 Å². The van der Waals surface area contributed by atoms with E-state index in [4.69, 9.17) is 22.3 Å². The van der Waals surface area contributed by atoms with Gasteiger partial charge in [0.2, 0.25) is 5.28 Å². The van der Waals surface area contributed by atoms with Crippen LogP contribution >= 0.6 is 22.9 Å². The molecule has 0 amide bonds. The van der Waals surface area contributed by atoms with Gasteiger partial charge in [0.1, 0.15) is 22.6 Å². The first-order valence-electron chi connectivity index (χ1n) is 13.5. The fraction of sp³-hybridized carbons (Fsp3) is 0.464. The number of hydrogen-bond acceptors (Lipinski definition) is 8. The molecule has 4 heterocycles. The summed E-state index contributed by atoms with van der Waals surface area (Å²) in [5, 5.41) is 25.7. The van der Waals surface area contributed by atoms with Crippen LogP contribution in [0.5, 0.6) is 0 Å².